The summed E-state index contributed by atoms with van der Waals surface area (Å²) in [5.74, 6) is 0. The van der Waals surface area contributed by atoms with Gasteiger partial charge in [0.2, 0.25) is 0 Å². The van der Waals surface area contributed by atoms with Crippen molar-refractivity contribution in [2.75, 3.05) is 21.3 Å². The first-order valence-electron chi connectivity index (χ1n) is 13.2. The highest BCUT2D eigenvalue weighted by atomic mass is 35.5. The van der Waals surface area contributed by atoms with Crippen molar-refractivity contribution in [1.82, 2.24) is 0 Å². The van der Waals surface area contributed by atoms with Gasteiger partial charge in [-0.05, 0) is 26.7 Å². The van der Waals surface area contributed by atoms with Crippen LogP contribution in [-0.2, 0) is 13.3 Å². The molecule has 0 amide bonds. The molecule has 31 heavy (non-hydrogen) atoms. The molecule has 1 unspecified atom stereocenters. The Kier molecular flexibility index (Phi) is 20.1. The average molecular weight is 479 g/mol. The zero-order chi connectivity index (χ0) is 23.4. The molecule has 0 saturated heterocycles. The van der Waals surface area contributed by atoms with E-state index in [1.54, 1.807) is 21.3 Å². The van der Waals surface area contributed by atoms with Gasteiger partial charge in [-0.2, -0.15) is 0 Å². The van der Waals surface area contributed by atoms with Gasteiger partial charge in [-0.3, -0.25) is 0 Å². The summed E-state index contributed by atoms with van der Waals surface area (Å²) < 4.78 is 17.3. The Morgan fingerprint density at radius 1 is 0.613 bits per heavy atom. The van der Waals surface area contributed by atoms with Gasteiger partial charge in [0.25, 0.3) is 0 Å². The first-order chi connectivity index (χ1) is 14.8. The Bertz CT molecular complexity index is 375. The summed E-state index contributed by atoms with van der Waals surface area (Å²) in [5, 5.41) is 0. The predicted octanol–water partition coefficient (Wildman–Crippen LogP) is 9.29. The summed E-state index contributed by atoms with van der Waals surface area (Å²) in [4.78, 5) is -0.270. The van der Waals surface area contributed by atoms with E-state index in [-0.39, 0.29) is 10.4 Å². The summed E-state index contributed by atoms with van der Waals surface area (Å²) in [6, 6.07) is 0. The second kappa shape index (κ2) is 19.8. The Morgan fingerprint density at radius 2 is 0.935 bits per heavy atom. The van der Waals surface area contributed by atoms with E-state index < -0.39 is 8.80 Å². The summed E-state index contributed by atoms with van der Waals surface area (Å²) >= 11 is 6.54. The fourth-order valence-electron chi connectivity index (χ4n) is 4.68. The van der Waals surface area contributed by atoms with Gasteiger partial charge in [0.1, 0.15) is 0 Å². The minimum Gasteiger partial charge on any atom is -0.377 e. The van der Waals surface area contributed by atoms with Crippen LogP contribution in [0.25, 0.3) is 0 Å². The molecule has 0 N–H and O–H groups in total. The zero-order valence-electron chi connectivity index (χ0n) is 21.9. The van der Waals surface area contributed by atoms with Crippen molar-refractivity contribution in [2.24, 2.45) is 0 Å². The normalized spacial score (nSPS) is 13.6. The van der Waals surface area contributed by atoms with E-state index >= 15 is 0 Å². The van der Waals surface area contributed by atoms with Gasteiger partial charge >= 0.3 is 8.80 Å². The summed E-state index contributed by atoms with van der Waals surface area (Å²) in [7, 11) is 2.48. The molecule has 0 rings (SSSR count). The predicted molar refractivity (Wildman–Crippen MR) is 139 cm³/mol. The molecule has 0 heterocycles. The van der Waals surface area contributed by atoms with E-state index in [9.17, 15) is 0 Å². The van der Waals surface area contributed by atoms with Crippen molar-refractivity contribution < 1.29 is 13.3 Å². The molecule has 0 aliphatic heterocycles. The highest BCUT2D eigenvalue weighted by molar-refractivity contribution is 6.62. The third kappa shape index (κ3) is 16.6. The molecule has 0 aromatic rings. The molecule has 0 aromatic carbocycles. The van der Waals surface area contributed by atoms with Crippen LogP contribution < -0.4 is 0 Å². The smallest absolute Gasteiger partial charge is 0.377 e. The molecule has 0 aliphatic rings. The van der Waals surface area contributed by atoms with Crippen molar-refractivity contribution in [3.63, 3.8) is 0 Å². The number of unbranched alkanes of at least 4 members (excludes halogenated alkanes) is 15. The second-order valence-corrected chi connectivity index (χ2v) is 14.2. The first-order valence-corrected chi connectivity index (χ1v) is 15.4. The maximum atomic E-state index is 6.54. The number of hydrogen-bond acceptors (Lipinski definition) is 3. The van der Waals surface area contributed by atoms with Gasteiger partial charge in [0, 0.05) is 31.7 Å². The fraction of sp³-hybridized carbons (Fsp3) is 1.00. The van der Waals surface area contributed by atoms with Crippen LogP contribution in [0.5, 0.6) is 0 Å². The number of rotatable bonds is 23. The lowest BCUT2D eigenvalue weighted by Crippen LogP contribution is -2.49. The molecule has 0 fully saturated rings. The molecule has 0 aromatic heterocycles. The quantitative estimate of drug-likeness (QED) is 0.0831. The van der Waals surface area contributed by atoms with E-state index in [1.165, 1.54) is 103 Å². The van der Waals surface area contributed by atoms with Crippen molar-refractivity contribution in [2.45, 2.75) is 147 Å². The highest BCUT2D eigenvalue weighted by Gasteiger charge is 2.48. The molecule has 188 valence electrons. The topological polar surface area (TPSA) is 27.7 Å². The van der Waals surface area contributed by atoms with Crippen molar-refractivity contribution in [3.05, 3.63) is 0 Å². The zero-order valence-corrected chi connectivity index (χ0v) is 23.7. The van der Waals surface area contributed by atoms with E-state index in [0.717, 1.165) is 12.8 Å². The van der Waals surface area contributed by atoms with Crippen molar-refractivity contribution >= 4 is 20.4 Å². The minimum absolute atomic E-state index is 0.256. The van der Waals surface area contributed by atoms with Crippen molar-refractivity contribution in [1.29, 1.82) is 0 Å². The first kappa shape index (κ1) is 31.4. The van der Waals surface area contributed by atoms with Gasteiger partial charge in [-0.15, -0.1) is 11.6 Å². The number of hydrogen-bond donors (Lipinski definition) is 0. The van der Waals surface area contributed by atoms with E-state index in [4.69, 9.17) is 24.9 Å². The highest BCUT2D eigenvalue weighted by Crippen LogP contribution is 2.38. The van der Waals surface area contributed by atoms with Gasteiger partial charge in [0.15, 0.2) is 0 Å². The van der Waals surface area contributed by atoms with Gasteiger partial charge in [-0.1, -0.05) is 110 Å². The molecule has 0 spiro atoms. The maximum Gasteiger partial charge on any atom is 0.503 e. The van der Waals surface area contributed by atoms with Crippen molar-refractivity contribution in [3.8, 4) is 0 Å². The number of halogens is 1. The lowest BCUT2D eigenvalue weighted by molar-refractivity contribution is 0.106. The molecule has 1 atom stereocenters. The van der Waals surface area contributed by atoms with E-state index in [2.05, 4.69) is 20.8 Å². The molecule has 0 saturated carbocycles. The lowest BCUT2D eigenvalue weighted by atomic mass is 10.0. The van der Waals surface area contributed by atoms with Gasteiger partial charge in [-0.25, -0.2) is 0 Å². The lowest BCUT2D eigenvalue weighted by Gasteiger charge is -2.35. The summed E-state index contributed by atoms with van der Waals surface area (Å²) in [5.41, 5.74) is 0.256. The SMILES string of the molecule is CCCCCCCCCCCCCCCCCCC(CC(C)(C)Cl)[Si](OC)(OC)OC. The molecule has 0 radical (unpaired) electrons. The van der Waals surface area contributed by atoms with Crippen LogP contribution in [0.4, 0.5) is 0 Å². The fourth-order valence-corrected chi connectivity index (χ4v) is 7.81. The summed E-state index contributed by atoms with van der Waals surface area (Å²) in [6.07, 6.45) is 24.2. The maximum absolute atomic E-state index is 6.54. The van der Waals surface area contributed by atoms with Crippen LogP contribution in [-0.4, -0.2) is 35.0 Å². The molecular weight excluding hydrogens is 424 g/mol. The largest absolute Gasteiger partial charge is 0.503 e. The second-order valence-electron chi connectivity index (χ2n) is 9.93. The minimum atomic E-state index is -2.65. The van der Waals surface area contributed by atoms with Crippen LogP contribution in [0.15, 0.2) is 0 Å². The molecular formula is C26H55ClO3Si. The Balaban J connectivity index is 3.78. The Morgan fingerprint density at radius 3 is 1.23 bits per heavy atom. The third-order valence-corrected chi connectivity index (χ3v) is 9.85. The molecule has 3 nitrogen and oxygen atoms in total. The Hall–Kier alpha value is 0.387. The van der Waals surface area contributed by atoms with Gasteiger partial charge < -0.3 is 13.3 Å². The van der Waals surface area contributed by atoms with Crippen LogP contribution in [0.3, 0.4) is 0 Å². The molecule has 0 bridgehead atoms. The monoisotopic (exact) mass is 478 g/mol. The Labute approximate surface area is 201 Å². The van der Waals surface area contributed by atoms with Crippen LogP contribution in [0, 0.1) is 0 Å². The van der Waals surface area contributed by atoms with Crippen LogP contribution in [0.1, 0.15) is 136 Å². The number of alkyl halides is 1. The average Bonchev–Trinajstić information content (AvgIpc) is 2.73. The standard InChI is InChI=1S/C26H55ClO3Si/c1-7-8-9-10-11-12-13-14-15-16-17-18-19-20-21-22-23-25(24-26(2,3)27)31(28-4,29-5)30-6/h25H,7-24H2,1-6H3. The summed E-state index contributed by atoms with van der Waals surface area (Å²) in [6.45, 7) is 6.42. The third-order valence-electron chi connectivity index (χ3n) is 6.49. The van der Waals surface area contributed by atoms with Crippen LogP contribution >= 0.6 is 11.6 Å². The van der Waals surface area contributed by atoms with Crippen LogP contribution in [0.2, 0.25) is 5.54 Å². The van der Waals surface area contributed by atoms with E-state index in [0.29, 0.717) is 0 Å². The molecule has 0 aliphatic carbocycles. The van der Waals surface area contributed by atoms with Gasteiger partial charge in [0.05, 0.1) is 0 Å². The molecule has 5 heteroatoms. The van der Waals surface area contributed by atoms with E-state index in [1.807, 2.05) is 0 Å².